The lowest BCUT2D eigenvalue weighted by molar-refractivity contribution is 0.199. The smallest absolute Gasteiger partial charge is 0.185 e. The van der Waals surface area contributed by atoms with Crippen LogP contribution in [-0.4, -0.2) is 25.1 Å². The maximum atomic E-state index is 4.93. The highest BCUT2D eigenvalue weighted by atomic mass is 32.1. The van der Waals surface area contributed by atoms with Crippen LogP contribution < -0.4 is 10.2 Å². The summed E-state index contributed by atoms with van der Waals surface area (Å²) in [5.41, 5.74) is 1.75. The molecule has 1 N–H and O–H groups in total. The molecule has 120 valence electrons. The number of hydrogen-bond acceptors (Lipinski definition) is 4. The summed E-state index contributed by atoms with van der Waals surface area (Å²) >= 11 is 1.89. The molecule has 1 aromatic rings. The molecule has 2 heterocycles. The van der Waals surface area contributed by atoms with Crippen LogP contribution in [0.15, 0.2) is 0 Å². The number of nitrogens with one attached hydrogen (secondary N) is 1. The molecule has 0 radical (unpaired) electrons. The van der Waals surface area contributed by atoms with Gasteiger partial charge in [0, 0.05) is 24.5 Å². The van der Waals surface area contributed by atoms with Crippen molar-refractivity contribution < 1.29 is 0 Å². The molecule has 1 aliphatic rings. The summed E-state index contributed by atoms with van der Waals surface area (Å²) in [5, 5.41) is 4.52. The van der Waals surface area contributed by atoms with E-state index in [2.05, 4.69) is 37.9 Å². The van der Waals surface area contributed by atoms with Crippen LogP contribution in [0.3, 0.4) is 0 Å². The largest absolute Gasteiger partial charge is 0.348 e. The number of rotatable bonds is 5. The van der Waals surface area contributed by atoms with E-state index in [1.165, 1.54) is 48.1 Å². The van der Waals surface area contributed by atoms with Crippen molar-refractivity contribution in [3.63, 3.8) is 0 Å². The first-order valence-electron chi connectivity index (χ1n) is 8.33. The van der Waals surface area contributed by atoms with Gasteiger partial charge in [-0.25, -0.2) is 4.98 Å². The Kier molecular flexibility index (Phi) is 5.67. The minimum atomic E-state index is 0.444. The molecule has 0 aliphatic carbocycles. The van der Waals surface area contributed by atoms with E-state index in [0.29, 0.717) is 5.41 Å². The summed E-state index contributed by atoms with van der Waals surface area (Å²) in [6, 6.07) is 0. The second-order valence-electron chi connectivity index (χ2n) is 7.27. The SMILES string of the molecule is CCCc1nc(N2CCC(C(C)(C)C)CC2)sc1CNC. The molecule has 0 spiro atoms. The third kappa shape index (κ3) is 4.19. The molecule has 1 fully saturated rings. The number of thiazole rings is 1. The van der Waals surface area contributed by atoms with Crippen LogP contribution >= 0.6 is 11.3 Å². The van der Waals surface area contributed by atoms with Crippen molar-refractivity contribution in [3.8, 4) is 0 Å². The van der Waals surface area contributed by atoms with Crippen LogP contribution in [-0.2, 0) is 13.0 Å². The van der Waals surface area contributed by atoms with Crippen molar-refractivity contribution in [1.29, 1.82) is 0 Å². The predicted octanol–water partition coefficient (Wildman–Crippen LogP) is 4.08. The number of piperidine rings is 1. The first kappa shape index (κ1) is 16.8. The standard InChI is InChI=1S/C17H31N3S/c1-6-7-14-15(12-18-5)21-16(19-14)20-10-8-13(9-11-20)17(2,3)4/h13,18H,6-12H2,1-5H3. The maximum absolute atomic E-state index is 4.93. The van der Waals surface area contributed by atoms with Crippen molar-refractivity contribution in [2.75, 3.05) is 25.0 Å². The average molecular weight is 310 g/mol. The molecule has 0 aromatic carbocycles. The van der Waals surface area contributed by atoms with E-state index in [4.69, 9.17) is 4.98 Å². The van der Waals surface area contributed by atoms with Crippen LogP contribution in [0.25, 0.3) is 0 Å². The van der Waals surface area contributed by atoms with E-state index in [1.54, 1.807) is 0 Å². The highest BCUT2D eigenvalue weighted by molar-refractivity contribution is 7.15. The third-order valence-electron chi connectivity index (χ3n) is 4.58. The zero-order chi connectivity index (χ0) is 15.5. The van der Waals surface area contributed by atoms with Gasteiger partial charge in [-0.2, -0.15) is 0 Å². The fourth-order valence-electron chi connectivity index (χ4n) is 3.17. The maximum Gasteiger partial charge on any atom is 0.185 e. The Morgan fingerprint density at radius 1 is 1.29 bits per heavy atom. The summed E-state index contributed by atoms with van der Waals surface area (Å²) in [5.74, 6) is 0.848. The summed E-state index contributed by atoms with van der Waals surface area (Å²) < 4.78 is 0. The Balaban J connectivity index is 2.04. The molecule has 3 nitrogen and oxygen atoms in total. The summed E-state index contributed by atoms with van der Waals surface area (Å²) in [6.45, 7) is 12.6. The molecule has 21 heavy (non-hydrogen) atoms. The van der Waals surface area contributed by atoms with Crippen LogP contribution in [0.5, 0.6) is 0 Å². The van der Waals surface area contributed by atoms with Crippen LogP contribution in [0, 0.1) is 11.3 Å². The molecule has 1 saturated heterocycles. The lowest BCUT2D eigenvalue weighted by Crippen LogP contribution is -2.38. The number of hydrogen-bond donors (Lipinski definition) is 1. The van der Waals surface area contributed by atoms with Crippen LogP contribution in [0.4, 0.5) is 5.13 Å². The Bertz CT molecular complexity index is 416. The van der Waals surface area contributed by atoms with E-state index in [-0.39, 0.29) is 0 Å². The van der Waals surface area contributed by atoms with Gasteiger partial charge in [-0.3, -0.25) is 0 Å². The van der Waals surface area contributed by atoms with Gasteiger partial charge in [0.2, 0.25) is 0 Å². The van der Waals surface area contributed by atoms with Gasteiger partial charge in [-0.15, -0.1) is 11.3 Å². The van der Waals surface area contributed by atoms with Crippen LogP contribution in [0.2, 0.25) is 0 Å². The zero-order valence-corrected chi connectivity index (χ0v) is 15.1. The van der Waals surface area contributed by atoms with E-state index in [0.717, 1.165) is 18.9 Å². The average Bonchev–Trinajstić information content (AvgIpc) is 2.82. The molecule has 0 saturated carbocycles. The molecular weight excluding hydrogens is 278 g/mol. The molecule has 0 bridgehead atoms. The van der Waals surface area contributed by atoms with E-state index in [1.807, 2.05) is 18.4 Å². The van der Waals surface area contributed by atoms with E-state index in [9.17, 15) is 0 Å². The van der Waals surface area contributed by atoms with Gasteiger partial charge in [0.15, 0.2) is 5.13 Å². The molecule has 2 rings (SSSR count). The summed E-state index contributed by atoms with van der Waals surface area (Å²) in [6.07, 6.45) is 4.87. The Morgan fingerprint density at radius 2 is 1.95 bits per heavy atom. The van der Waals surface area contributed by atoms with Gasteiger partial charge in [0.1, 0.15) is 0 Å². The van der Waals surface area contributed by atoms with Crippen molar-refractivity contribution >= 4 is 16.5 Å². The molecule has 0 atom stereocenters. The number of aromatic nitrogens is 1. The van der Waals surface area contributed by atoms with Gasteiger partial charge in [-0.05, 0) is 37.6 Å². The van der Waals surface area contributed by atoms with Gasteiger partial charge < -0.3 is 10.2 Å². The number of nitrogens with zero attached hydrogens (tertiary/aromatic N) is 2. The van der Waals surface area contributed by atoms with Gasteiger partial charge in [0.25, 0.3) is 0 Å². The predicted molar refractivity (Wildman–Crippen MR) is 93.3 cm³/mol. The Morgan fingerprint density at radius 3 is 2.48 bits per heavy atom. The monoisotopic (exact) mass is 309 g/mol. The van der Waals surface area contributed by atoms with Crippen molar-refractivity contribution in [2.45, 2.75) is 59.9 Å². The minimum absolute atomic E-state index is 0.444. The molecule has 4 heteroatoms. The summed E-state index contributed by atoms with van der Waals surface area (Å²) in [4.78, 5) is 8.86. The normalized spacial score (nSPS) is 17.5. The first-order chi connectivity index (χ1) is 9.95. The zero-order valence-electron chi connectivity index (χ0n) is 14.3. The fourth-order valence-corrected chi connectivity index (χ4v) is 4.34. The lowest BCUT2D eigenvalue weighted by atomic mass is 9.75. The highest BCUT2D eigenvalue weighted by Gasteiger charge is 2.29. The van der Waals surface area contributed by atoms with Crippen LogP contribution in [0.1, 0.15) is 57.5 Å². The van der Waals surface area contributed by atoms with E-state index >= 15 is 0 Å². The second kappa shape index (κ2) is 7.10. The van der Waals surface area contributed by atoms with Crippen molar-refractivity contribution in [1.82, 2.24) is 10.3 Å². The Hall–Kier alpha value is -0.610. The summed E-state index contributed by atoms with van der Waals surface area (Å²) in [7, 11) is 2.02. The number of aryl methyl sites for hydroxylation is 1. The third-order valence-corrected chi connectivity index (χ3v) is 5.74. The molecular formula is C17H31N3S. The molecule has 1 aromatic heterocycles. The van der Waals surface area contributed by atoms with E-state index < -0.39 is 0 Å². The Labute approximate surface area is 134 Å². The van der Waals surface area contributed by atoms with Crippen molar-refractivity contribution in [2.24, 2.45) is 11.3 Å². The fraction of sp³-hybridized carbons (Fsp3) is 0.824. The van der Waals surface area contributed by atoms with Gasteiger partial charge >= 0.3 is 0 Å². The minimum Gasteiger partial charge on any atom is -0.348 e. The van der Waals surface area contributed by atoms with Gasteiger partial charge in [0.05, 0.1) is 5.69 Å². The van der Waals surface area contributed by atoms with Gasteiger partial charge in [-0.1, -0.05) is 34.1 Å². The first-order valence-corrected chi connectivity index (χ1v) is 9.15. The topological polar surface area (TPSA) is 28.2 Å². The number of anilines is 1. The molecule has 0 amide bonds. The molecule has 1 aliphatic heterocycles. The highest BCUT2D eigenvalue weighted by Crippen LogP contribution is 2.37. The second-order valence-corrected chi connectivity index (χ2v) is 8.34. The lowest BCUT2D eigenvalue weighted by Gasteiger charge is -2.38. The van der Waals surface area contributed by atoms with Crippen molar-refractivity contribution in [3.05, 3.63) is 10.6 Å². The quantitative estimate of drug-likeness (QED) is 0.888. The molecule has 0 unspecified atom stereocenters.